The van der Waals surface area contributed by atoms with Gasteiger partial charge in [-0.1, -0.05) is 36.4 Å². The van der Waals surface area contributed by atoms with Gasteiger partial charge in [-0.3, -0.25) is 10.8 Å². The second-order valence-electron chi connectivity index (χ2n) is 4.53. The van der Waals surface area contributed by atoms with Crippen LogP contribution in [0.1, 0.15) is 0 Å². The summed E-state index contributed by atoms with van der Waals surface area (Å²) in [6, 6.07) is 15.3. The van der Waals surface area contributed by atoms with Crippen LogP contribution in [-0.4, -0.2) is 18.0 Å². The van der Waals surface area contributed by atoms with E-state index in [9.17, 15) is 13.2 Å². The van der Waals surface area contributed by atoms with E-state index in [1.165, 1.54) is 24.3 Å². The van der Waals surface area contributed by atoms with Crippen molar-refractivity contribution >= 4 is 11.8 Å². The predicted octanol–water partition coefficient (Wildman–Crippen LogP) is 4.28. The summed E-state index contributed by atoms with van der Waals surface area (Å²) in [5.74, 6) is -4.66. The zero-order chi connectivity index (χ0) is 16.9. The highest BCUT2D eigenvalue weighted by molar-refractivity contribution is 6.00. The second kappa shape index (κ2) is 6.95. The highest BCUT2D eigenvalue weighted by atomic mass is 19.4. The molecule has 4 nitrogen and oxygen atoms in total. The van der Waals surface area contributed by atoms with E-state index in [1.807, 2.05) is 0 Å². The van der Waals surface area contributed by atoms with E-state index >= 15 is 0 Å². The van der Waals surface area contributed by atoms with E-state index in [0.717, 1.165) is 0 Å². The molecule has 120 valence electrons. The summed E-state index contributed by atoms with van der Waals surface area (Å²) in [6.07, 6.45) is -4.88. The van der Waals surface area contributed by atoms with Crippen LogP contribution in [0.4, 0.5) is 13.2 Å². The van der Waals surface area contributed by atoms with Crippen molar-refractivity contribution in [3.8, 4) is 11.5 Å². The quantitative estimate of drug-likeness (QED) is 0.652. The molecule has 2 rings (SSSR count). The number of halogens is 3. The molecule has 7 heteroatoms. The fourth-order valence-corrected chi connectivity index (χ4v) is 1.77. The van der Waals surface area contributed by atoms with Gasteiger partial charge in [0.2, 0.25) is 17.7 Å². The molecule has 0 spiro atoms. The fraction of sp³-hybridized carbons (Fsp3) is 0.125. The van der Waals surface area contributed by atoms with Crippen molar-refractivity contribution in [3.05, 3.63) is 60.7 Å². The maximum Gasteiger partial charge on any atom is 0.409 e. The highest BCUT2D eigenvalue weighted by Gasteiger charge is 2.48. The van der Waals surface area contributed by atoms with E-state index in [0.29, 0.717) is 0 Å². The first-order valence-electron chi connectivity index (χ1n) is 6.57. The zero-order valence-corrected chi connectivity index (χ0v) is 11.8. The minimum atomic E-state index is -4.88. The lowest BCUT2D eigenvalue weighted by Gasteiger charge is -2.21. The summed E-state index contributed by atoms with van der Waals surface area (Å²) in [4.78, 5) is 0. The molecule has 0 aliphatic carbocycles. The van der Waals surface area contributed by atoms with Gasteiger partial charge in [-0.15, -0.1) is 0 Å². The second-order valence-corrected chi connectivity index (χ2v) is 4.53. The standard InChI is InChI=1S/C16H13F3N2O2/c17-16(18,19)13(14(20)22-11-7-3-1-4-8-11)15(21)23-12-9-5-2-6-10-12/h1-10,13,20-21H. The molecule has 0 saturated heterocycles. The molecule has 2 N–H and O–H groups in total. The molecule has 23 heavy (non-hydrogen) atoms. The number of hydrogen-bond acceptors (Lipinski definition) is 4. The van der Waals surface area contributed by atoms with Crippen molar-refractivity contribution in [2.75, 3.05) is 0 Å². The molecule has 2 aromatic carbocycles. The Hall–Kier alpha value is -2.83. The van der Waals surface area contributed by atoms with Crippen molar-refractivity contribution in [1.82, 2.24) is 0 Å². The van der Waals surface area contributed by atoms with E-state index in [-0.39, 0.29) is 11.5 Å². The van der Waals surface area contributed by atoms with Gasteiger partial charge >= 0.3 is 6.18 Å². The fourth-order valence-electron chi connectivity index (χ4n) is 1.77. The van der Waals surface area contributed by atoms with Gasteiger partial charge in [0.1, 0.15) is 11.5 Å². The van der Waals surface area contributed by atoms with Gasteiger partial charge in [-0.2, -0.15) is 13.2 Å². The maximum absolute atomic E-state index is 13.2. The Morgan fingerprint density at radius 2 is 1.09 bits per heavy atom. The summed E-state index contributed by atoms with van der Waals surface area (Å²) in [6.45, 7) is 0. The molecule has 0 saturated carbocycles. The smallest absolute Gasteiger partial charge is 0.409 e. The topological polar surface area (TPSA) is 66.2 Å². The van der Waals surface area contributed by atoms with Crippen LogP contribution in [0.2, 0.25) is 0 Å². The van der Waals surface area contributed by atoms with Crippen molar-refractivity contribution < 1.29 is 22.6 Å². The number of benzene rings is 2. The third-order valence-corrected chi connectivity index (χ3v) is 2.79. The van der Waals surface area contributed by atoms with Crippen LogP contribution < -0.4 is 9.47 Å². The Bertz CT molecular complexity index is 619. The normalized spacial score (nSPS) is 12.3. The van der Waals surface area contributed by atoms with E-state index in [4.69, 9.17) is 20.3 Å². The van der Waals surface area contributed by atoms with Crippen LogP contribution in [0, 0.1) is 16.7 Å². The Morgan fingerprint density at radius 3 is 1.39 bits per heavy atom. The van der Waals surface area contributed by atoms with Crippen molar-refractivity contribution in [3.63, 3.8) is 0 Å². The van der Waals surface area contributed by atoms with E-state index in [1.54, 1.807) is 36.4 Å². The van der Waals surface area contributed by atoms with Gasteiger partial charge < -0.3 is 9.47 Å². The number of nitrogens with one attached hydrogen (secondary N) is 2. The minimum Gasteiger partial charge on any atom is -0.442 e. The van der Waals surface area contributed by atoms with Crippen molar-refractivity contribution in [2.45, 2.75) is 6.18 Å². The monoisotopic (exact) mass is 322 g/mol. The Balaban J connectivity index is 2.16. The summed E-state index contributed by atoms with van der Waals surface area (Å²) in [5, 5.41) is 15.1. The number of rotatable bonds is 4. The first-order valence-corrected chi connectivity index (χ1v) is 6.57. The van der Waals surface area contributed by atoms with Crippen LogP contribution in [0.25, 0.3) is 0 Å². The van der Waals surface area contributed by atoms with Crippen LogP contribution in [-0.2, 0) is 0 Å². The van der Waals surface area contributed by atoms with Gasteiger partial charge in [0.15, 0.2) is 0 Å². The third-order valence-electron chi connectivity index (χ3n) is 2.79. The summed E-state index contributed by atoms with van der Waals surface area (Å²) in [5.41, 5.74) is 0. The maximum atomic E-state index is 13.2. The summed E-state index contributed by atoms with van der Waals surface area (Å²) >= 11 is 0. The van der Waals surface area contributed by atoms with Crippen molar-refractivity contribution in [2.24, 2.45) is 5.92 Å². The summed E-state index contributed by atoms with van der Waals surface area (Å²) in [7, 11) is 0. The molecular weight excluding hydrogens is 309 g/mol. The zero-order valence-electron chi connectivity index (χ0n) is 11.8. The van der Waals surface area contributed by atoms with E-state index < -0.39 is 23.9 Å². The first-order chi connectivity index (χ1) is 10.9. The Kier molecular flexibility index (Phi) is 5.00. The van der Waals surface area contributed by atoms with Gasteiger partial charge in [0, 0.05) is 0 Å². The molecule has 0 fully saturated rings. The largest absolute Gasteiger partial charge is 0.442 e. The van der Waals surface area contributed by atoms with Gasteiger partial charge in [-0.05, 0) is 24.3 Å². The number of para-hydroxylation sites is 2. The molecule has 0 atom stereocenters. The van der Waals surface area contributed by atoms with Gasteiger partial charge in [0.05, 0.1) is 0 Å². The molecular formula is C16H13F3N2O2. The lowest BCUT2D eigenvalue weighted by atomic mass is 10.1. The number of ether oxygens (including phenoxy) is 2. The van der Waals surface area contributed by atoms with Crippen LogP contribution in [0.5, 0.6) is 11.5 Å². The molecule has 0 aliphatic heterocycles. The molecule has 0 amide bonds. The first kappa shape index (κ1) is 16.5. The molecule has 0 heterocycles. The minimum absolute atomic E-state index is 0.0826. The Labute approximate surface area is 130 Å². The SMILES string of the molecule is N=C(Oc1ccccc1)C(C(=N)Oc1ccccc1)C(F)(F)F. The van der Waals surface area contributed by atoms with E-state index in [2.05, 4.69) is 0 Å². The van der Waals surface area contributed by atoms with Crippen molar-refractivity contribution in [1.29, 1.82) is 10.8 Å². The average Bonchev–Trinajstić information content (AvgIpc) is 2.47. The van der Waals surface area contributed by atoms with Crippen LogP contribution in [0.3, 0.4) is 0 Å². The lowest BCUT2D eigenvalue weighted by Crippen LogP contribution is -2.41. The highest BCUT2D eigenvalue weighted by Crippen LogP contribution is 2.30. The predicted molar refractivity (Wildman–Crippen MR) is 79.1 cm³/mol. The van der Waals surface area contributed by atoms with Crippen LogP contribution in [0.15, 0.2) is 60.7 Å². The Morgan fingerprint density at radius 1 is 0.739 bits per heavy atom. The molecule has 0 radical (unpaired) electrons. The average molecular weight is 322 g/mol. The van der Waals surface area contributed by atoms with Crippen LogP contribution >= 0.6 is 0 Å². The third kappa shape index (κ3) is 4.57. The van der Waals surface area contributed by atoms with Gasteiger partial charge in [0.25, 0.3) is 0 Å². The molecule has 0 aromatic heterocycles. The molecule has 0 unspecified atom stereocenters. The summed E-state index contributed by atoms with van der Waals surface area (Å²) < 4.78 is 49.4. The number of alkyl halides is 3. The lowest BCUT2D eigenvalue weighted by molar-refractivity contribution is -0.143. The molecule has 0 bridgehead atoms. The molecule has 0 aliphatic rings. The van der Waals surface area contributed by atoms with Gasteiger partial charge in [-0.25, -0.2) is 0 Å². The number of hydrogen-bond donors (Lipinski definition) is 2. The molecule has 2 aromatic rings.